The highest BCUT2D eigenvalue weighted by molar-refractivity contribution is 14.1. The van der Waals surface area contributed by atoms with E-state index in [1.165, 1.54) is 12.1 Å². The van der Waals surface area contributed by atoms with Crippen LogP contribution in [0.2, 0.25) is 0 Å². The zero-order valence-corrected chi connectivity index (χ0v) is 18.5. The molecule has 4 aromatic carbocycles. The van der Waals surface area contributed by atoms with E-state index < -0.39 is 0 Å². The zero-order valence-electron chi connectivity index (χ0n) is 16.4. The molecule has 0 unspecified atom stereocenters. The van der Waals surface area contributed by atoms with E-state index in [4.69, 9.17) is 14.5 Å². The van der Waals surface area contributed by atoms with Crippen molar-refractivity contribution < 1.29 is 13.9 Å². The summed E-state index contributed by atoms with van der Waals surface area (Å²) in [5.41, 5.74) is 3.06. The van der Waals surface area contributed by atoms with Gasteiger partial charge in [0.25, 0.3) is 0 Å². The molecule has 1 heterocycles. The molecule has 0 bridgehead atoms. The summed E-state index contributed by atoms with van der Waals surface area (Å²) in [6.45, 7) is 0. The maximum absolute atomic E-state index is 13.8. The van der Waals surface area contributed by atoms with Gasteiger partial charge in [0.2, 0.25) is 0 Å². The molecule has 0 saturated carbocycles. The Bertz CT molecular complexity index is 1430. The number of fused-ring (bicyclic) bond motifs is 5. The van der Waals surface area contributed by atoms with E-state index in [0.29, 0.717) is 0 Å². The van der Waals surface area contributed by atoms with Crippen LogP contribution in [-0.4, -0.2) is 19.2 Å². The number of hydrogen-bond acceptors (Lipinski definition) is 3. The third-order valence-corrected chi connectivity index (χ3v) is 6.47. The molecular weight excluding hydrogens is 492 g/mol. The van der Waals surface area contributed by atoms with E-state index in [0.717, 1.165) is 58.6 Å². The lowest BCUT2D eigenvalue weighted by Crippen LogP contribution is -1.94. The second-order valence-electron chi connectivity index (χ2n) is 7.04. The number of rotatable bonds is 3. The molecule has 0 spiro atoms. The van der Waals surface area contributed by atoms with Crippen molar-refractivity contribution in [3.05, 3.63) is 76.2 Å². The van der Waals surface area contributed by atoms with Gasteiger partial charge in [-0.25, -0.2) is 4.39 Å². The predicted octanol–water partition coefficient (Wildman–Crippen LogP) is 6.97. The maximum Gasteiger partial charge on any atom is 0.123 e. The Kier molecular flexibility index (Phi) is 4.70. The van der Waals surface area contributed by atoms with Crippen molar-refractivity contribution in [3.8, 4) is 22.6 Å². The highest BCUT2D eigenvalue weighted by Gasteiger charge is 2.18. The Morgan fingerprint density at radius 3 is 2.23 bits per heavy atom. The second-order valence-corrected chi connectivity index (χ2v) is 8.12. The fourth-order valence-electron chi connectivity index (χ4n) is 3.99. The number of benzene rings is 4. The van der Waals surface area contributed by atoms with E-state index in [9.17, 15) is 4.39 Å². The van der Waals surface area contributed by atoms with E-state index >= 15 is 0 Å². The fourth-order valence-corrected chi connectivity index (χ4v) is 5.00. The first-order valence-electron chi connectivity index (χ1n) is 9.42. The Morgan fingerprint density at radius 2 is 1.50 bits per heavy atom. The monoisotopic (exact) mass is 509 g/mol. The van der Waals surface area contributed by atoms with Crippen LogP contribution in [0.3, 0.4) is 0 Å². The summed E-state index contributed by atoms with van der Waals surface area (Å²) in [7, 11) is 3.33. The molecule has 0 aliphatic carbocycles. The van der Waals surface area contributed by atoms with Gasteiger partial charge in [0.1, 0.15) is 17.3 Å². The van der Waals surface area contributed by atoms with Gasteiger partial charge in [0.15, 0.2) is 0 Å². The number of nitrogens with zero attached hydrogens (tertiary/aromatic N) is 1. The topological polar surface area (TPSA) is 31.4 Å². The summed E-state index contributed by atoms with van der Waals surface area (Å²) in [5, 5.41) is 4.91. The van der Waals surface area contributed by atoms with Gasteiger partial charge in [-0.15, -0.1) is 0 Å². The highest BCUT2D eigenvalue weighted by atomic mass is 127. The minimum absolute atomic E-state index is 0.265. The van der Waals surface area contributed by atoms with Crippen LogP contribution < -0.4 is 9.47 Å². The summed E-state index contributed by atoms with van der Waals surface area (Å²) in [5.74, 6) is 1.33. The SMILES string of the molecule is COc1ccc(-c2c(I)c3ncc4cc(F)ccc4c3c3ccc(OC)cc23)cc1. The molecule has 0 aliphatic rings. The molecule has 1 aromatic heterocycles. The molecular formula is C25H17FINO2. The molecule has 5 aromatic rings. The van der Waals surface area contributed by atoms with Gasteiger partial charge in [0.05, 0.1) is 19.7 Å². The van der Waals surface area contributed by atoms with E-state index in [-0.39, 0.29) is 5.82 Å². The molecule has 0 atom stereocenters. The smallest absolute Gasteiger partial charge is 0.123 e. The molecule has 5 heteroatoms. The first-order valence-corrected chi connectivity index (χ1v) is 10.5. The first-order chi connectivity index (χ1) is 14.6. The van der Waals surface area contributed by atoms with Crippen molar-refractivity contribution in [2.45, 2.75) is 0 Å². The Morgan fingerprint density at radius 1 is 0.800 bits per heavy atom. The van der Waals surface area contributed by atoms with Gasteiger partial charge < -0.3 is 9.47 Å². The fraction of sp³-hybridized carbons (Fsp3) is 0.0800. The molecule has 5 rings (SSSR count). The molecule has 0 radical (unpaired) electrons. The lowest BCUT2D eigenvalue weighted by Gasteiger charge is -2.16. The third kappa shape index (κ3) is 2.96. The number of hydrogen-bond donors (Lipinski definition) is 0. The van der Waals surface area contributed by atoms with Crippen LogP contribution in [0.1, 0.15) is 0 Å². The second kappa shape index (κ2) is 7.40. The maximum atomic E-state index is 13.8. The van der Waals surface area contributed by atoms with Gasteiger partial charge in [-0.1, -0.05) is 18.2 Å². The number of ether oxygens (including phenoxy) is 2. The number of methoxy groups -OCH3 is 2. The molecule has 0 fully saturated rings. The largest absolute Gasteiger partial charge is 0.497 e. The van der Waals surface area contributed by atoms with Crippen molar-refractivity contribution in [1.82, 2.24) is 4.98 Å². The molecule has 0 N–H and O–H groups in total. The van der Waals surface area contributed by atoms with E-state index in [2.05, 4.69) is 46.9 Å². The normalized spacial score (nSPS) is 11.3. The van der Waals surface area contributed by atoms with Crippen LogP contribution in [0.15, 0.2) is 66.9 Å². The highest BCUT2D eigenvalue weighted by Crippen LogP contribution is 2.42. The predicted molar refractivity (Wildman–Crippen MR) is 128 cm³/mol. The van der Waals surface area contributed by atoms with Gasteiger partial charge >= 0.3 is 0 Å². The summed E-state index contributed by atoms with van der Waals surface area (Å²) in [6, 6.07) is 19.0. The molecule has 0 amide bonds. The van der Waals surface area contributed by atoms with E-state index in [1.807, 2.05) is 24.3 Å². The Labute approximate surface area is 186 Å². The molecule has 0 saturated heterocycles. The van der Waals surface area contributed by atoms with Gasteiger partial charge in [-0.2, -0.15) is 0 Å². The summed E-state index contributed by atoms with van der Waals surface area (Å²) in [4.78, 5) is 4.73. The van der Waals surface area contributed by atoms with Crippen LogP contribution in [0.4, 0.5) is 4.39 Å². The molecule has 3 nitrogen and oxygen atoms in total. The van der Waals surface area contributed by atoms with Gasteiger partial charge in [-0.3, -0.25) is 4.98 Å². The zero-order chi connectivity index (χ0) is 20.8. The van der Waals surface area contributed by atoms with Gasteiger partial charge in [0, 0.05) is 26.1 Å². The minimum atomic E-state index is -0.265. The van der Waals surface area contributed by atoms with Crippen LogP contribution in [0, 0.1) is 9.39 Å². The Balaban J connectivity index is 1.97. The number of halogens is 2. The first kappa shape index (κ1) is 19.1. The van der Waals surface area contributed by atoms with Gasteiger partial charge in [-0.05, 0) is 86.8 Å². The number of pyridine rings is 1. The summed E-state index contributed by atoms with van der Waals surface area (Å²) in [6.07, 6.45) is 1.75. The van der Waals surface area contributed by atoms with Crippen molar-refractivity contribution in [2.75, 3.05) is 14.2 Å². The van der Waals surface area contributed by atoms with Crippen LogP contribution in [0.25, 0.3) is 43.6 Å². The van der Waals surface area contributed by atoms with Crippen molar-refractivity contribution in [3.63, 3.8) is 0 Å². The van der Waals surface area contributed by atoms with Crippen LogP contribution in [0.5, 0.6) is 11.5 Å². The standard InChI is InChI=1S/C25H17FINO2/c1-29-17-6-3-14(4-7-17)22-21-12-18(30-2)8-10-20(21)23-19-9-5-16(26)11-15(19)13-28-25(23)24(22)27/h3-13H,1-2H3. The lowest BCUT2D eigenvalue weighted by molar-refractivity contribution is 0.415. The molecule has 0 aliphatic heterocycles. The van der Waals surface area contributed by atoms with Crippen LogP contribution >= 0.6 is 22.6 Å². The molecule has 30 heavy (non-hydrogen) atoms. The van der Waals surface area contributed by atoms with Crippen LogP contribution in [-0.2, 0) is 0 Å². The number of aromatic nitrogens is 1. The average Bonchev–Trinajstić information content (AvgIpc) is 2.78. The van der Waals surface area contributed by atoms with Crippen molar-refractivity contribution in [2.24, 2.45) is 0 Å². The van der Waals surface area contributed by atoms with E-state index in [1.54, 1.807) is 20.4 Å². The average molecular weight is 509 g/mol. The lowest BCUT2D eigenvalue weighted by atomic mass is 9.93. The van der Waals surface area contributed by atoms with Crippen molar-refractivity contribution in [1.29, 1.82) is 0 Å². The summed E-state index contributed by atoms with van der Waals surface area (Å²) >= 11 is 2.36. The third-order valence-electron chi connectivity index (χ3n) is 5.42. The molecule has 148 valence electrons. The minimum Gasteiger partial charge on any atom is -0.497 e. The quantitative estimate of drug-likeness (QED) is 0.195. The van der Waals surface area contributed by atoms with Crippen molar-refractivity contribution >= 4 is 55.0 Å². The summed E-state index contributed by atoms with van der Waals surface area (Å²) < 4.78 is 25.7. The Hall–Kier alpha value is -2.93.